The lowest BCUT2D eigenvalue weighted by atomic mass is 10.1. The fraction of sp³-hybridized carbons (Fsp3) is 0.0588. The number of carbonyl (C=O) groups is 2. The van der Waals surface area contributed by atoms with Gasteiger partial charge in [0.2, 0.25) is 11.1 Å². The Morgan fingerprint density at radius 2 is 1.62 bits per heavy atom. The van der Waals surface area contributed by atoms with Crippen LogP contribution in [0.4, 0.5) is 11.1 Å². The molecule has 7 heteroatoms. The molecule has 24 heavy (non-hydrogen) atoms. The van der Waals surface area contributed by atoms with Gasteiger partial charge in [-0.1, -0.05) is 35.9 Å². The molecule has 1 aromatic heterocycles. The summed E-state index contributed by atoms with van der Waals surface area (Å²) in [4.78, 5) is 28.3. The van der Waals surface area contributed by atoms with Gasteiger partial charge in [-0.05, 0) is 31.2 Å². The summed E-state index contributed by atoms with van der Waals surface area (Å²) in [5.41, 5.74) is 2.04. The standard InChI is InChI=1S/C17H14N4O2S/c1-11-6-5-9-13(10-11)15(23)18-16-20-17(24-21-16)19-14(22)12-7-3-2-4-8-12/h2-10H,1H3,(H2,18,19,20,21,22,23). The monoisotopic (exact) mass is 338 g/mol. The van der Waals surface area contributed by atoms with Gasteiger partial charge in [0.05, 0.1) is 0 Å². The highest BCUT2D eigenvalue weighted by molar-refractivity contribution is 7.10. The number of carbonyl (C=O) groups excluding carboxylic acids is 2. The third-order valence-corrected chi connectivity index (χ3v) is 3.82. The molecule has 120 valence electrons. The van der Waals surface area contributed by atoms with Crippen LogP contribution in [0.2, 0.25) is 0 Å². The van der Waals surface area contributed by atoms with Crippen LogP contribution in [0, 0.1) is 6.92 Å². The topological polar surface area (TPSA) is 84.0 Å². The maximum atomic E-state index is 12.1. The molecule has 2 amide bonds. The third kappa shape index (κ3) is 3.82. The van der Waals surface area contributed by atoms with E-state index < -0.39 is 0 Å². The Bertz CT molecular complexity index is 877. The van der Waals surface area contributed by atoms with E-state index in [-0.39, 0.29) is 17.8 Å². The van der Waals surface area contributed by atoms with E-state index in [2.05, 4.69) is 20.0 Å². The van der Waals surface area contributed by atoms with Gasteiger partial charge in [-0.15, -0.1) is 0 Å². The van der Waals surface area contributed by atoms with Crippen LogP contribution < -0.4 is 10.6 Å². The lowest BCUT2D eigenvalue weighted by Crippen LogP contribution is -2.14. The first kappa shape index (κ1) is 15.8. The molecule has 0 aliphatic rings. The number of rotatable bonds is 4. The van der Waals surface area contributed by atoms with Crippen molar-refractivity contribution in [1.29, 1.82) is 0 Å². The van der Waals surface area contributed by atoms with Crippen molar-refractivity contribution in [2.75, 3.05) is 10.6 Å². The number of aryl methyl sites for hydroxylation is 1. The summed E-state index contributed by atoms with van der Waals surface area (Å²) >= 11 is 1.01. The molecule has 2 aromatic carbocycles. The summed E-state index contributed by atoms with van der Waals surface area (Å²) in [6.45, 7) is 1.91. The van der Waals surface area contributed by atoms with E-state index in [9.17, 15) is 9.59 Å². The van der Waals surface area contributed by atoms with Crippen molar-refractivity contribution >= 4 is 34.4 Å². The van der Waals surface area contributed by atoms with E-state index in [0.717, 1.165) is 17.1 Å². The van der Waals surface area contributed by atoms with Crippen LogP contribution in [0.5, 0.6) is 0 Å². The van der Waals surface area contributed by atoms with Crippen molar-refractivity contribution in [2.24, 2.45) is 0 Å². The molecule has 0 atom stereocenters. The van der Waals surface area contributed by atoms with Crippen molar-refractivity contribution < 1.29 is 9.59 Å². The van der Waals surface area contributed by atoms with Gasteiger partial charge in [0.1, 0.15) is 0 Å². The van der Waals surface area contributed by atoms with Crippen LogP contribution in [0.25, 0.3) is 0 Å². The summed E-state index contributed by atoms with van der Waals surface area (Å²) in [7, 11) is 0. The zero-order chi connectivity index (χ0) is 16.9. The molecule has 0 aliphatic carbocycles. The second-order valence-electron chi connectivity index (χ2n) is 5.07. The molecule has 0 bridgehead atoms. The summed E-state index contributed by atoms with van der Waals surface area (Å²) < 4.78 is 4.03. The highest BCUT2D eigenvalue weighted by Crippen LogP contribution is 2.16. The lowest BCUT2D eigenvalue weighted by molar-refractivity contribution is 0.101. The molecule has 0 radical (unpaired) electrons. The number of nitrogens with zero attached hydrogens (tertiary/aromatic N) is 2. The van der Waals surface area contributed by atoms with Gasteiger partial charge in [0.25, 0.3) is 11.8 Å². The first-order valence-electron chi connectivity index (χ1n) is 7.20. The number of benzene rings is 2. The van der Waals surface area contributed by atoms with Crippen LogP contribution in [0.15, 0.2) is 54.6 Å². The summed E-state index contributed by atoms with van der Waals surface area (Å²) in [5, 5.41) is 5.59. The Morgan fingerprint density at radius 1 is 0.917 bits per heavy atom. The molecule has 0 fully saturated rings. The Morgan fingerprint density at radius 3 is 2.38 bits per heavy atom. The first-order valence-corrected chi connectivity index (χ1v) is 7.97. The van der Waals surface area contributed by atoms with Crippen LogP contribution in [0.3, 0.4) is 0 Å². The van der Waals surface area contributed by atoms with Crippen molar-refractivity contribution in [3.05, 3.63) is 71.3 Å². The molecular formula is C17H14N4O2S. The predicted molar refractivity (Wildman–Crippen MR) is 93.4 cm³/mol. The number of hydrogen-bond acceptors (Lipinski definition) is 5. The molecule has 0 saturated heterocycles. The van der Waals surface area contributed by atoms with Crippen molar-refractivity contribution in [3.8, 4) is 0 Å². The molecule has 0 unspecified atom stereocenters. The number of aromatic nitrogens is 2. The third-order valence-electron chi connectivity index (χ3n) is 3.19. The number of nitrogens with one attached hydrogen (secondary N) is 2. The predicted octanol–water partition coefficient (Wildman–Crippen LogP) is 3.35. The summed E-state index contributed by atoms with van der Waals surface area (Å²) in [5.74, 6) is -0.407. The van der Waals surface area contributed by atoms with Gasteiger partial charge in [-0.3, -0.25) is 20.2 Å². The van der Waals surface area contributed by atoms with Gasteiger partial charge in [-0.25, -0.2) is 0 Å². The minimum absolute atomic E-state index is 0.162. The molecule has 3 aromatic rings. The van der Waals surface area contributed by atoms with E-state index in [1.54, 1.807) is 36.4 Å². The first-order chi connectivity index (χ1) is 11.6. The van der Waals surface area contributed by atoms with Crippen molar-refractivity contribution in [2.45, 2.75) is 6.92 Å². The fourth-order valence-electron chi connectivity index (χ4n) is 2.04. The molecule has 0 aliphatic heterocycles. The van der Waals surface area contributed by atoms with Gasteiger partial charge < -0.3 is 0 Å². The molecule has 2 N–H and O–H groups in total. The van der Waals surface area contributed by atoms with Gasteiger partial charge in [0, 0.05) is 22.7 Å². The Kier molecular flexibility index (Phi) is 4.62. The Balaban J connectivity index is 1.65. The second-order valence-corrected chi connectivity index (χ2v) is 5.82. The minimum atomic E-state index is -0.294. The van der Waals surface area contributed by atoms with E-state index in [4.69, 9.17) is 0 Å². The summed E-state index contributed by atoms with van der Waals surface area (Å²) in [6, 6.07) is 16.0. The van der Waals surface area contributed by atoms with Gasteiger partial charge in [-0.2, -0.15) is 9.36 Å². The van der Waals surface area contributed by atoms with Crippen LogP contribution in [0.1, 0.15) is 26.3 Å². The molecule has 0 spiro atoms. The Labute approximate surface area is 142 Å². The largest absolute Gasteiger partial charge is 0.297 e. The van der Waals surface area contributed by atoms with Crippen molar-refractivity contribution in [1.82, 2.24) is 9.36 Å². The normalized spacial score (nSPS) is 10.2. The van der Waals surface area contributed by atoms with Gasteiger partial charge >= 0.3 is 0 Å². The maximum Gasteiger partial charge on any atom is 0.258 e. The molecule has 0 saturated carbocycles. The van der Waals surface area contributed by atoms with Crippen LogP contribution >= 0.6 is 11.5 Å². The second kappa shape index (κ2) is 7.01. The van der Waals surface area contributed by atoms with Crippen LogP contribution in [-0.2, 0) is 0 Å². The zero-order valence-corrected chi connectivity index (χ0v) is 13.6. The molecule has 1 heterocycles. The Hall–Kier alpha value is -3.06. The van der Waals surface area contributed by atoms with Gasteiger partial charge in [0.15, 0.2) is 0 Å². The highest BCUT2D eigenvalue weighted by Gasteiger charge is 2.12. The smallest absolute Gasteiger partial charge is 0.258 e. The highest BCUT2D eigenvalue weighted by atomic mass is 32.1. The average molecular weight is 338 g/mol. The maximum absolute atomic E-state index is 12.1. The zero-order valence-electron chi connectivity index (χ0n) is 12.8. The van der Waals surface area contributed by atoms with E-state index in [1.807, 2.05) is 25.1 Å². The molecule has 6 nitrogen and oxygen atoms in total. The lowest BCUT2D eigenvalue weighted by Gasteiger charge is -2.02. The minimum Gasteiger partial charge on any atom is -0.297 e. The van der Waals surface area contributed by atoms with E-state index in [1.165, 1.54) is 0 Å². The number of amides is 2. The molecule has 3 rings (SSSR count). The molecular weight excluding hydrogens is 324 g/mol. The SMILES string of the molecule is Cc1cccc(C(=O)Nc2nsc(NC(=O)c3ccccc3)n2)c1. The number of anilines is 2. The number of hydrogen-bond donors (Lipinski definition) is 2. The quantitative estimate of drug-likeness (QED) is 0.764. The average Bonchev–Trinajstić information content (AvgIpc) is 3.02. The fourth-order valence-corrected chi connectivity index (χ4v) is 2.57. The van der Waals surface area contributed by atoms with Crippen molar-refractivity contribution in [3.63, 3.8) is 0 Å². The van der Waals surface area contributed by atoms with E-state index >= 15 is 0 Å². The summed E-state index contributed by atoms with van der Waals surface area (Å²) in [6.07, 6.45) is 0. The van der Waals surface area contributed by atoms with Crippen LogP contribution in [-0.4, -0.2) is 21.2 Å². The van der Waals surface area contributed by atoms with E-state index in [0.29, 0.717) is 16.3 Å².